The van der Waals surface area contributed by atoms with E-state index in [-0.39, 0.29) is 11.8 Å². The van der Waals surface area contributed by atoms with Gasteiger partial charge in [0.1, 0.15) is 0 Å². The number of aromatic nitrogens is 3. The Hall–Kier alpha value is -1.92. The van der Waals surface area contributed by atoms with Crippen LogP contribution in [0.4, 0.5) is 11.9 Å². The standard InChI is InChI=1S/C7H11N5O2/c1-12(2)7-10-4(5(13)14-3)9-6(8)11-7/h1-3H3,(H2,8,9,10,11). The largest absolute Gasteiger partial charge is 0.463 e. The summed E-state index contributed by atoms with van der Waals surface area (Å²) < 4.78 is 4.46. The second kappa shape index (κ2) is 3.86. The van der Waals surface area contributed by atoms with Crippen LogP contribution in [0.15, 0.2) is 0 Å². The summed E-state index contributed by atoms with van der Waals surface area (Å²) >= 11 is 0. The normalized spacial score (nSPS) is 9.64. The first-order valence-corrected chi connectivity index (χ1v) is 3.81. The molecule has 7 heteroatoms. The topological polar surface area (TPSA) is 94.2 Å². The fraction of sp³-hybridized carbons (Fsp3) is 0.429. The number of nitrogens with two attached hydrogens (primary N) is 1. The highest BCUT2D eigenvalue weighted by Crippen LogP contribution is 2.05. The van der Waals surface area contributed by atoms with Crippen LogP contribution in [-0.4, -0.2) is 42.1 Å². The Kier molecular flexibility index (Phi) is 2.80. The molecule has 0 aliphatic carbocycles. The molecule has 0 amide bonds. The molecule has 1 heterocycles. The number of carbonyl (C=O) groups excluding carboxylic acids is 1. The molecule has 2 N–H and O–H groups in total. The zero-order valence-electron chi connectivity index (χ0n) is 8.18. The SMILES string of the molecule is COC(=O)c1nc(N)nc(N(C)C)n1. The molecule has 76 valence electrons. The molecule has 0 aliphatic rings. The number of rotatable bonds is 2. The van der Waals surface area contributed by atoms with Gasteiger partial charge in [0.15, 0.2) is 0 Å². The second-order valence-corrected chi connectivity index (χ2v) is 2.70. The van der Waals surface area contributed by atoms with Gasteiger partial charge in [-0.15, -0.1) is 0 Å². The molecule has 7 nitrogen and oxygen atoms in total. The monoisotopic (exact) mass is 197 g/mol. The minimum atomic E-state index is -0.637. The van der Waals surface area contributed by atoms with E-state index in [2.05, 4.69) is 19.7 Å². The first-order valence-electron chi connectivity index (χ1n) is 3.81. The average Bonchev–Trinajstić information content (AvgIpc) is 2.15. The molecule has 0 spiro atoms. The molecule has 14 heavy (non-hydrogen) atoms. The maximum absolute atomic E-state index is 11.1. The lowest BCUT2D eigenvalue weighted by atomic mass is 10.6. The van der Waals surface area contributed by atoms with Crippen molar-refractivity contribution in [3.63, 3.8) is 0 Å². The number of esters is 1. The number of hydrogen-bond acceptors (Lipinski definition) is 7. The van der Waals surface area contributed by atoms with E-state index in [1.54, 1.807) is 19.0 Å². The van der Waals surface area contributed by atoms with E-state index < -0.39 is 5.97 Å². The Morgan fingerprint density at radius 3 is 2.50 bits per heavy atom. The number of hydrogen-bond donors (Lipinski definition) is 1. The van der Waals surface area contributed by atoms with Gasteiger partial charge in [-0.1, -0.05) is 0 Å². The molecule has 0 bridgehead atoms. The van der Waals surface area contributed by atoms with Crippen molar-refractivity contribution in [3.05, 3.63) is 5.82 Å². The lowest BCUT2D eigenvalue weighted by Gasteiger charge is -2.10. The molecular formula is C7H11N5O2. The van der Waals surface area contributed by atoms with Crippen LogP contribution in [0.2, 0.25) is 0 Å². The molecular weight excluding hydrogens is 186 g/mol. The van der Waals surface area contributed by atoms with Crippen LogP contribution in [-0.2, 0) is 4.74 Å². The molecule has 1 aromatic rings. The van der Waals surface area contributed by atoms with Crippen LogP contribution >= 0.6 is 0 Å². The summed E-state index contributed by atoms with van der Waals surface area (Å²) in [4.78, 5) is 24.0. The highest BCUT2D eigenvalue weighted by molar-refractivity contribution is 5.85. The summed E-state index contributed by atoms with van der Waals surface area (Å²) in [7, 11) is 4.71. The molecule has 0 aromatic carbocycles. The van der Waals surface area contributed by atoms with Crippen LogP contribution in [0.25, 0.3) is 0 Å². The number of nitrogens with zero attached hydrogens (tertiary/aromatic N) is 4. The van der Waals surface area contributed by atoms with Crippen molar-refractivity contribution in [1.82, 2.24) is 15.0 Å². The van der Waals surface area contributed by atoms with Gasteiger partial charge in [0.25, 0.3) is 0 Å². The van der Waals surface area contributed by atoms with E-state index in [1.807, 2.05) is 0 Å². The van der Waals surface area contributed by atoms with E-state index in [4.69, 9.17) is 5.73 Å². The molecule has 0 saturated heterocycles. The fourth-order valence-electron chi connectivity index (χ4n) is 0.763. The Morgan fingerprint density at radius 2 is 2.00 bits per heavy atom. The molecule has 0 saturated carbocycles. The highest BCUT2D eigenvalue weighted by Gasteiger charge is 2.13. The lowest BCUT2D eigenvalue weighted by molar-refractivity contribution is 0.0586. The van der Waals surface area contributed by atoms with Gasteiger partial charge in [0, 0.05) is 14.1 Å². The Morgan fingerprint density at radius 1 is 1.36 bits per heavy atom. The first-order chi connectivity index (χ1) is 6.54. The molecule has 1 aromatic heterocycles. The lowest BCUT2D eigenvalue weighted by Crippen LogP contribution is -2.18. The van der Waals surface area contributed by atoms with Crippen molar-refractivity contribution in [3.8, 4) is 0 Å². The van der Waals surface area contributed by atoms with Crippen molar-refractivity contribution < 1.29 is 9.53 Å². The van der Waals surface area contributed by atoms with Crippen molar-refractivity contribution in [2.24, 2.45) is 0 Å². The van der Waals surface area contributed by atoms with Gasteiger partial charge in [-0.25, -0.2) is 4.79 Å². The molecule has 0 atom stereocenters. The average molecular weight is 197 g/mol. The van der Waals surface area contributed by atoms with Gasteiger partial charge in [0.05, 0.1) is 7.11 Å². The predicted octanol–water partition coefficient (Wildman–Crippen LogP) is -0.694. The molecule has 0 aliphatic heterocycles. The van der Waals surface area contributed by atoms with E-state index in [0.717, 1.165) is 0 Å². The molecule has 0 radical (unpaired) electrons. The van der Waals surface area contributed by atoms with Gasteiger partial charge < -0.3 is 15.4 Å². The summed E-state index contributed by atoms with van der Waals surface area (Å²) in [6.07, 6.45) is 0. The zero-order valence-corrected chi connectivity index (χ0v) is 8.18. The quantitative estimate of drug-likeness (QED) is 0.627. The second-order valence-electron chi connectivity index (χ2n) is 2.70. The number of nitrogen functional groups attached to an aromatic ring is 1. The predicted molar refractivity (Wildman–Crippen MR) is 49.9 cm³/mol. The van der Waals surface area contributed by atoms with Gasteiger partial charge in [-0.05, 0) is 0 Å². The molecule has 0 fully saturated rings. The third kappa shape index (κ3) is 2.06. The van der Waals surface area contributed by atoms with Gasteiger partial charge in [0.2, 0.25) is 17.7 Å². The number of ether oxygens (including phenoxy) is 1. The van der Waals surface area contributed by atoms with Gasteiger partial charge in [-0.2, -0.15) is 15.0 Å². The van der Waals surface area contributed by atoms with Crippen molar-refractivity contribution in [1.29, 1.82) is 0 Å². The zero-order chi connectivity index (χ0) is 10.7. The van der Waals surface area contributed by atoms with Crippen LogP contribution in [0.3, 0.4) is 0 Å². The third-order valence-corrected chi connectivity index (χ3v) is 1.41. The minimum absolute atomic E-state index is 0.0101. The Bertz CT molecular complexity index is 352. The maximum atomic E-state index is 11.1. The van der Waals surface area contributed by atoms with Crippen molar-refractivity contribution in [2.45, 2.75) is 0 Å². The maximum Gasteiger partial charge on any atom is 0.376 e. The Labute approximate surface area is 80.9 Å². The van der Waals surface area contributed by atoms with E-state index in [0.29, 0.717) is 5.95 Å². The van der Waals surface area contributed by atoms with Crippen LogP contribution in [0.1, 0.15) is 10.6 Å². The summed E-state index contributed by atoms with van der Waals surface area (Å²) in [5, 5.41) is 0. The molecule has 0 unspecified atom stereocenters. The summed E-state index contributed by atoms with van der Waals surface area (Å²) in [6, 6.07) is 0. The van der Waals surface area contributed by atoms with Gasteiger partial charge >= 0.3 is 5.97 Å². The van der Waals surface area contributed by atoms with Crippen LogP contribution < -0.4 is 10.6 Å². The number of methoxy groups -OCH3 is 1. The van der Waals surface area contributed by atoms with E-state index in [9.17, 15) is 4.79 Å². The van der Waals surface area contributed by atoms with E-state index in [1.165, 1.54) is 7.11 Å². The van der Waals surface area contributed by atoms with Crippen molar-refractivity contribution in [2.75, 3.05) is 31.8 Å². The fourth-order valence-corrected chi connectivity index (χ4v) is 0.763. The van der Waals surface area contributed by atoms with Crippen LogP contribution in [0, 0.1) is 0 Å². The summed E-state index contributed by atoms with van der Waals surface area (Å²) in [5.41, 5.74) is 5.39. The van der Waals surface area contributed by atoms with Gasteiger partial charge in [-0.3, -0.25) is 0 Å². The third-order valence-electron chi connectivity index (χ3n) is 1.41. The number of anilines is 2. The first kappa shape index (κ1) is 10.2. The minimum Gasteiger partial charge on any atom is -0.463 e. The van der Waals surface area contributed by atoms with Crippen LogP contribution in [0.5, 0.6) is 0 Å². The van der Waals surface area contributed by atoms with E-state index >= 15 is 0 Å². The number of carbonyl (C=O) groups is 1. The Balaban J connectivity index is 3.13. The molecule has 1 rings (SSSR count). The smallest absolute Gasteiger partial charge is 0.376 e. The summed E-state index contributed by atoms with van der Waals surface area (Å²) in [6.45, 7) is 0. The summed E-state index contributed by atoms with van der Waals surface area (Å²) in [5.74, 6) is -0.423. The van der Waals surface area contributed by atoms with Crippen molar-refractivity contribution >= 4 is 17.9 Å². The highest BCUT2D eigenvalue weighted by atomic mass is 16.5.